The van der Waals surface area contributed by atoms with Crippen molar-refractivity contribution in [3.8, 4) is 0 Å². The maximum absolute atomic E-state index is 14.3. The van der Waals surface area contributed by atoms with Gasteiger partial charge in [0.05, 0.1) is 45.2 Å². The summed E-state index contributed by atoms with van der Waals surface area (Å²) in [5.41, 5.74) is -0.574. The van der Waals surface area contributed by atoms with Gasteiger partial charge in [-0.25, -0.2) is 4.39 Å². The van der Waals surface area contributed by atoms with Gasteiger partial charge < -0.3 is 18.9 Å². The number of hydrogen-bond acceptors (Lipinski definition) is 5. The van der Waals surface area contributed by atoms with Crippen LogP contribution >= 0.6 is 0 Å². The minimum absolute atomic E-state index is 0.0538. The Bertz CT molecular complexity index is 418. The molecular formula is C23H45FO5. The standard InChI is InChI=1S/C23H45FO5/c1-19(2)20(25)9-10-21(24)23(6,7)29-18-17-28-16-15-27-14-13-26-12-8-11-22(3,4)5/h19,21H,8-18H2,1-7H3. The molecular weight excluding hydrogens is 375 g/mol. The summed E-state index contributed by atoms with van der Waals surface area (Å²) in [6, 6.07) is 0. The summed E-state index contributed by atoms with van der Waals surface area (Å²) < 4.78 is 36.4. The highest BCUT2D eigenvalue weighted by Gasteiger charge is 2.30. The Morgan fingerprint density at radius 3 is 1.79 bits per heavy atom. The minimum atomic E-state index is -1.18. The van der Waals surface area contributed by atoms with Crippen LogP contribution < -0.4 is 0 Å². The highest BCUT2D eigenvalue weighted by atomic mass is 19.1. The maximum Gasteiger partial charge on any atom is 0.135 e. The minimum Gasteiger partial charge on any atom is -0.379 e. The van der Waals surface area contributed by atoms with Crippen molar-refractivity contribution >= 4 is 5.78 Å². The van der Waals surface area contributed by atoms with E-state index in [0.717, 1.165) is 19.4 Å². The van der Waals surface area contributed by atoms with E-state index >= 15 is 0 Å². The van der Waals surface area contributed by atoms with E-state index in [0.29, 0.717) is 45.1 Å². The molecule has 1 atom stereocenters. The molecule has 0 saturated carbocycles. The second-order valence-corrected chi connectivity index (χ2v) is 9.58. The fourth-order valence-corrected chi connectivity index (χ4v) is 2.61. The summed E-state index contributed by atoms with van der Waals surface area (Å²) >= 11 is 0. The molecule has 0 rings (SSSR count). The maximum atomic E-state index is 14.3. The summed E-state index contributed by atoms with van der Waals surface area (Å²) in [4.78, 5) is 11.6. The van der Waals surface area contributed by atoms with Crippen molar-refractivity contribution in [1.82, 2.24) is 0 Å². The van der Waals surface area contributed by atoms with E-state index in [-0.39, 0.29) is 24.5 Å². The van der Waals surface area contributed by atoms with E-state index in [1.54, 1.807) is 13.8 Å². The summed E-state index contributed by atoms with van der Waals surface area (Å²) in [7, 11) is 0. The van der Waals surface area contributed by atoms with Gasteiger partial charge in [-0.15, -0.1) is 0 Å². The summed E-state index contributed by atoms with van der Waals surface area (Å²) in [5.74, 6) is 0.0315. The van der Waals surface area contributed by atoms with Crippen LogP contribution in [0.2, 0.25) is 0 Å². The number of rotatable bonds is 18. The van der Waals surface area contributed by atoms with Crippen LogP contribution in [0.15, 0.2) is 0 Å². The predicted octanol–water partition coefficient (Wildman–Crippen LogP) is 5.00. The molecule has 29 heavy (non-hydrogen) atoms. The van der Waals surface area contributed by atoms with E-state index in [1.807, 2.05) is 13.8 Å². The van der Waals surface area contributed by atoms with E-state index in [2.05, 4.69) is 20.8 Å². The van der Waals surface area contributed by atoms with Gasteiger partial charge in [-0.1, -0.05) is 34.6 Å². The Kier molecular flexibility index (Phi) is 15.0. The molecule has 0 heterocycles. The number of ether oxygens (including phenoxy) is 4. The first-order valence-corrected chi connectivity index (χ1v) is 11.0. The molecule has 0 aliphatic carbocycles. The number of alkyl halides is 1. The average molecular weight is 421 g/mol. The molecule has 0 amide bonds. The second-order valence-electron chi connectivity index (χ2n) is 9.58. The van der Waals surface area contributed by atoms with Gasteiger partial charge in [0.25, 0.3) is 0 Å². The third-order valence-electron chi connectivity index (χ3n) is 4.70. The largest absolute Gasteiger partial charge is 0.379 e. The topological polar surface area (TPSA) is 54.0 Å². The number of carbonyl (C=O) groups is 1. The molecule has 1 unspecified atom stereocenters. The van der Waals surface area contributed by atoms with Crippen molar-refractivity contribution < 1.29 is 28.1 Å². The van der Waals surface area contributed by atoms with Gasteiger partial charge in [-0.2, -0.15) is 0 Å². The quantitative estimate of drug-likeness (QED) is 0.292. The molecule has 0 saturated heterocycles. The zero-order valence-electron chi connectivity index (χ0n) is 19.9. The zero-order valence-corrected chi connectivity index (χ0v) is 19.9. The van der Waals surface area contributed by atoms with Gasteiger partial charge in [-0.3, -0.25) is 4.79 Å². The zero-order chi connectivity index (χ0) is 22.3. The lowest BCUT2D eigenvalue weighted by atomic mass is 9.91. The number of Topliss-reactive ketones (excluding diaryl/α,β-unsaturated/α-hetero) is 1. The van der Waals surface area contributed by atoms with Gasteiger partial charge >= 0.3 is 0 Å². The average Bonchev–Trinajstić information content (AvgIpc) is 2.61. The van der Waals surface area contributed by atoms with Gasteiger partial charge in [0.2, 0.25) is 0 Å². The molecule has 0 aromatic rings. The normalized spacial score (nSPS) is 13.8. The lowest BCUT2D eigenvalue weighted by Gasteiger charge is -2.29. The molecule has 0 aromatic heterocycles. The highest BCUT2D eigenvalue weighted by molar-refractivity contribution is 5.80. The number of carbonyl (C=O) groups excluding carboxylic acids is 1. The van der Waals surface area contributed by atoms with E-state index < -0.39 is 11.8 Å². The van der Waals surface area contributed by atoms with E-state index in [4.69, 9.17) is 18.9 Å². The Morgan fingerprint density at radius 1 is 0.828 bits per heavy atom. The third-order valence-corrected chi connectivity index (χ3v) is 4.70. The molecule has 6 heteroatoms. The first-order valence-electron chi connectivity index (χ1n) is 11.0. The lowest BCUT2D eigenvalue weighted by molar-refractivity contribution is -0.123. The van der Waals surface area contributed by atoms with Crippen LogP contribution in [0.4, 0.5) is 4.39 Å². The van der Waals surface area contributed by atoms with Crippen LogP contribution in [0.25, 0.3) is 0 Å². The Hall–Kier alpha value is -0.560. The molecule has 0 aliphatic rings. The Morgan fingerprint density at radius 2 is 1.31 bits per heavy atom. The molecule has 0 bridgehead atoms. The highest BCUT2D eigenvalue weighted by Crippen LogP contribution is 2.23. The second kappa shape index (κ2) is 15.3. The van der Waals surface area contributed by atoms with Crippen LogP contribution in [-0.2, 0) is 23.7 Å². The predicted molar refractivity (Wildman–Crippen MR) is 115 cm³/mol. The molecule has 0 spiro atoms. The van der Waals surface area contributed by atoms with Gasteiger partial charge in [0.15, 0.2) is 0 Å². The van der Waals surface area contributed by atoms with Crippen LogP contribution in [-0.4, -0.2) is 63.8 Å². The monoisotopic (exact) mass is 420 g/mol. The molecule has 5 nitrogen and oxygen atoms in total. The Balaban J connectivity index is 3.56. The number of hydrogen-bond donors (Lipinski definition) is 0. The van der Waals surface area contributed by atoms with Crippen molar-refractivity contribution in [1.29, 1.82) is 0 Å². The smallest absolute Gasteiger partial charge is 0.135 e. The molecule has 0 aliphatic heterocycles. The molecule has 0 aromatic carbocycles. The lowest BCUT2D eigenvalue weighted by Crippen LogP contribution is -2.37. The molecule has 0 fully saturated rings. The van der Waals surface area contributed by atoms with Crippen molar-refractivity contribution in [2.45, 2.75) is 85.9 Å². The summed E-state index contributed by atoms with van der Waals surface area (Å²) in [6.07, 6.45) is 1.48. The number of halogens is 1. The first kappa shape index (κ1) is 28.4. The van der Waals surface area contributed by atoms with Gasteiger partial charge in [-0.05, 0) is 38.5 Å². The fraction of sp³-hybridized carbons (Fsp3) is 0.957. The van der Waals surface area contributed by atoms with E-state index in [9.17, 15) is 9.18 Å². The van der Waals surface area contributed by atoms with Gasteiger partial charge in [0.1, 0.15) is 12.0 Å². The molecule has 174 valence electrons. The SMILES string of the molecule is CC(C)C(=O)CCC(F)C(C)(C)OCCOCCOCCOCCCC(C)(C)C. The summed E-state index contributed by atoms with van der Waals surface area (Å²) in [5, 5.41) is 0. The molecule has 0 radical (unpaired) electrons. The molecule has 0 N–H and O–H groups in total. The van der Waals surface area contributed by atoms with Crippen LogP contribution in [0.1, 0.15) is 74.1 Å². The van der Waals surface area contributed by atoms with E-state index in [1.165, 1.54) is 0 Å². The Labute approximate surface area is 178 Å². The summed E-state index contributed by atoms with van der Waals surface area (Å²) in [6.45, 7) is 17.4. The van der Waals surface area contributed by atoms with Crippen molar-refractivity contribution in [3.63, 3.8) is 0 Å². The van der Waals surface area contributed by atoms with Crippen molar-refractivity contribution in [2.75, 3.05) is 46.2 Å². The first-order chi connectivity index (χ1) is 13.5. The van der Waals surface area contributed by atoms with Crippen LogP contribution in [0, 0.1) is 11.3 Å². The van der Waals surface area contributed by atoms with Crippen molar-refractivity contribution in [3.05, 3.63) is 0 Å². The van der Waals surface area contributed by atoms with Crippen LogP contribution in [0.5, 0.6) is 0 Å². The fourth-order valence-electron chi connectivity index (χ4n) is 2.61. The van der Waals surface area contributed by atoms with Gasteiger partial charge in [0, 0.05) is 18.9 Å². The van der Waals surface area contributed by atoms with Crippen molar-refractivity contribution in [2.24, 2.45) is 11.3 Å². The number of ketones is 1. The third kappa shape index (κ3) is 16.9. The van der Waals surface area contributed by atoms with Crippen LogP contribution in [0.3, 0.4) is 0 Å².